The Morgan fingerprint density at radius 1 is 0.355 bits per heavy atom. The maximum Gasteiger partial charge on any atom is 0.127 e. The summed E-state index contributed by atoms with van der Waals surface area (Å²) in [5.41, 5.74) is 15.0. The molecular formula is C101H154N4O4S. The normalized spacial score (nSPS) is 14.5. The minimum atomic E-state index is 0.118. The Balaban J connectivity index is 0.000000600. The number of nitrogens with zero attached hydrogens (tertiary/aromatic N) is 4. The molecule has 0 atom stereocenters. The quantitative estimate of drug-likeness (QED) is 0.149. The molecule has 0 saturated carbocycles. The number of furan rings is 2. The first-order chi connectivity index (χ1) is 50.3. The zero-order chi connectivity index (χ0) is 84.3. The summed E-state index contributed by atoms with van der Waals surface area (Å²) in [6, 6.07) is 30.6. The van der Waals surface area contributed by atoms with Gasteiger partial charge in [0.25, 0.3) is 0 Å². The van der Waals surface area contributed by atoms with Crippen LogP contribution in [0.4, 0.5) is 0 Å². The van der Waals surface area contributed by atoms with Crippen molar-refractivity contribution in [1.82, 2.24) is 15.3 Å². The lowest BCUT2D eigenvalue weighted by Crippen LogP contribution is -2.12. The third kappa shape index (κ3) is 43.8. The molecule has 0 radical (unpaired) electrons. The van der Waals surface area contributed by atoms with Crippen molar-refractivity contribution >= 4 is 17.6 Å². The summed E-state index contributed by atoms with van der Waals surface area (Å²) in [7, 11) is 0. The van der Waals surface area contributed by atoms with Gasteiger partial charge in [-0.3, -0.25) is 9.98 Å². The molecule has 5 aliphatic rings. The predicted molar refractivity (Wildman–Crippen MR) is 482 cm³/mol. The van der Waals surface area contributed by atoms with Gasteiger partial charge in [-0.1, -0.05) is 387 Å². The fourth-order valence-electron chi connectivity index (χ4n) is 9.95. The van der Waals surface area contributed by atoms with Crippen LogP contribution in [0, 0.1) is 27.1 Å². The Labute approximate surface area is 677 Å². The Bertz CT molecular complexity index is 3410. The lowest BCUT2D eigenvalue weighted by atomic mass is 9.86. The molecule has 0 unspecified atom stereocenters. The van der Waals surface area contributed by atoms with E-state index >= 15 is 0 Å². The van der Waals surface area contributed by atoms with Gasteiger partial charge in [-0.05, 0) is 134 Å². The number of hydrogen-bond donors (Lipinski definition) is 0. The predicted octanol–water partition coefficient (Wildman–Crippen LogP) is 31.6. The lowest BCUT2D eigenvalue weighted by molar-refractivity contribution is 0.393. The molecule has 4 aliphatic carbocycles. The van der Waals surface area contributed by atoms with E-state index in [9.17, 15) is 0 Å². The van der Waals surface area contributed by atoms with Crippen molar-refractivity contribution in [2.75, 3.05) is 0 Å². The van der Waals surface area contributed by atoms with E-state index in [0.717, 1.165) is 60.6 Å². The summed E-state index contributed by atoms with van der Waals surface area (Å²) in [5.74, 6) is 2.09. The number of hydrogen-bond acceptors (Lipinski definition) is 9. The minimum absolute atomic E-state index is 0.118. The van der Waals surface area contributed by atoms with Gasteiger partial charge in [0.15, 0.2) is 0 Å². The molecule has 0 amide bonds. The van der Waals surface area contributed by atoms with Crippen molar-refractivity contribution in [2.24, 2.45) is 32.1 Å². The van der Waals surface area contributed by atoms with Crippen molar-refractivity contribution in [3.8, 4) is 0 Å². The molecule has 12 rings (SSSR count). The van der Waals surface area contributed by atoms with Crippen LogP contribution in [-0.4, -0.2) is 21.5 Å². The van der Waals surface area contributed by atoms with Gasteiger partial charge in [0.1, 0.15) is 24.0 Å². The number of allylic oxidation sites excluding steroid dienone is 18. The molecule has 0 fully saturated rings. The number of aliphatic imine (C=N–C) groups is 1. The molecule has 608 valence electrons. The Kier molecular flexibility index (Phi) is 41.2. The molecule has 110 heavy (non-hydrogen) atoms. The van der Waals surface area contributed by atoms with Gasteiger partial charge in [0.05, 0.1) is 24.4 Å². The van der Waals surface area contributed by atoms with Gasteiger partial charge in [0, 0.05) is 73.8 Å². The van der Waals surface area contributed by atoms with Gasteiger partial charge < -0.3 is 17.9 Å². The number of rotatable bonds is 0. The van der Waals surface area contributed by atoms with E-state index in [1.165, 1.54) is 32.9 Å². The summed E-state index contributed by atoms with van der Waals surface area (Å²) in [4.78, 5) is 9.95. The molecule has 7 heterocycles. The zero-order valence-electron chi connectivity index (χ0n) is 76.2. The van der Waals surface area contributed by atoms with Gasteiger partial charge >= 0.3 is 0 Å². The molecule has 0 N–H and O–H groups in total. The van der Waals surface area contributed by atoms with Crippen molar-refractivity contribution in [3.05, 3.63) is 280 Å². The SMILES string of the molecule is CC(C)(C)C1=CC=CC1.CC(C)(C)C1=CCC=C1.CC(C)(C)C1=CCC=C1.CC(C)(C)C1=CCC=C1.CC(C)(C)C1=CCC=N1.CC(C)(C)c1ccccc1.CC(C)(C)c1ccccn1.CC(C)(C)c1ccco1.CC(C)(C)c1ccco1.CC(C)(C)c1cccs1.CC(C)(C)c1ccon1.CC(C)(C)c1cnoc1. The third-order valence-electron chi connectivity index (χ3n) is 17.4. The Morgan fingerprint density at radius 2 is 0.818 bits per heavy atom. The number of benzene rings is 1. The highest BCUT2D eigenvalue weighted by atomic mass is 32.1. The Morgan fingerprint density at radius 3 is 1.00 bits per heavy atom. The first-order valence-electron chi connectivity index (χ1n) is 39.9. The summed E-state index contributed by atoms with van der Waals surface area (Å²) >= 11 is 1.83. The van der Waals surface area contributed by atoms with Gasteiger partial charge in [-0.15, -0.1) is 11.3 Å². The number of thiophene rings is 1. The van der Waals surface area contributed by atoms with Crippen molar-refractivity contribution in [1.29, 1.82) is 0 Å². The van der Waals surface area contributed by atoms with E-state index < -0.39 is 0 Å². The van der Waals surface area contributed by atoms with Gasteiger partial charge in [-0.25, -0.2) is 0 Å². The van der Waals surface area contributed by atoms with E-state index in [4.69, 9.17) is 17.9 Å². The maximum absolute atomic E-state index is 5.20. The van der Waals surface area contributed by atoms with Crippen LogP contribution in [-0.2, 0) is 37.9 Å². The summed E-state index contributed by atoms with van der Waals surface area (Å²) in [6.45, 7) is 78.8. The fourth-order valence-corrected chi connectivity index (χ4v) is 10.8. The Hall–Kier alpha value is -7.62. The van der Waals surface area contributed by atoms with E-state index in [-0.39, 0.29) is 32.5 Å². The van der Waals surface area contributed by atoms with Crippen LogP contribution in [0.15, 0.2) is 264 Å². The monoisotopic (exact) mass is 1520 g/mol. The molecule has 6 aromatic heterocycles. The summed E-state index contributed by atoms with van der Waals surface area (Å²) in [5, 5.41) is 9.55. The van der Waals surface area contributed by atoms with E-state index in [0.29, 0.717) is 32.5 Å². The number of pyridine rings is 1. The van der Waals surface area contributed by atoms with Crippen LogP contribution in [0.5, 0.6) is 0 Å². The number of aromatic nitrogens is 3. The first-order valence-corrected chi connectivity index (χ1v) is 40.7. The van der Waals surface area contributed by atoms with Crippen molar-refractivity contribution in [2.45, 2.75) is 319 Å². The first kappa shape index (κ1) is 100. The fraction of sp³-hybridized carbons (Fsp3) is 0.525. The third-order valence-corrected chi connectivity index (χ3v) is 18.7. The lowest BCUT2D eigenvalue weighted by Gasteiger charge is -2.19. The van der Waals surface area contributed by atoms with E-state index in [1.807, 2.05) is 66.2 Å². The van der Waals surface area contributed by atoms with Crippen LogP contribution >= 0.6 is 11.3 Å². The van der Waals surface area contributed by atoms with Crippen molar-refractivity contribution < 1.29 is 17.9 Å². The van der Waals surface area contributed by atoms with Crippen LogP contribution in [0.2, 0.25) is 0 Å². The smallest absolute Gasteiger partial charge is 0.127 e. The minimum Gasteiger partial charge on any atom is -0.469 e. The second-order valence-electron chi connectivity index (χ2n) is 40.7. The van der Waals surface area contributed by atoms with Crippen LogP contribution in [0.1, 0.15) is 320 Å². The van der Waals surface area contributed by atoms with Gasteiger partial charge in [-0.2, -0.15) is 0 Å². The van der Waals surface area contributed by atoms with Crippen LogP contribution < -0.4 is 0 Å². The van der Waals surface area contributed by atoms with Crippen LogP contribution in [0.3, 0.4) is 0 Å². The molecule has 1 aromatic carbocycles. The molecule has 0 spiro atoms. The van der Waals surface area contributed by atoms with Crippen molar-refractivity contribution in [3.63, 3.8) is 0 Å². The topological polar surface area (TPSA) is 104 Å². The average Bonchev–Trinajstić information content (AvgIpc) is 1.87. The molecule has 8 nitrogen and oxygen atoms in total. The molecule has 1 aliphatic heterocycles. The largest absolute Gasteiger partial charge is 0.469 e. The van der Waals surface area contributed by atoms with Crippen LogP contribution in [0.25, 0.3) is 0 Å². The summed E-state index contributed by atoms with van der Waals surface area (Å²) in [6.07, 6.45) is 46.7. The molecule has 7 aromatic rings. The summed E-state index contributed by atoms with van der Waals surface area (Å²) < 4.78 is 19.8. The average molecular weight is 1520 g/mol. The second-order valence-corrected chi connectivity index (χ2v) is 41.6. The highest BCUT2D eigenvalue weighted by Crippen LogP contribution is 2.34. The highest BCUT2D eigenvalue weighted by molar-refractivity contribution is 7.10. The van der Waals surface area contributed by atoms with Gasteiger partial charge in [0.2, 0.25) is 0 Å². The van der Waals surface area contributed by atoms with E-state index in [1.54, 1.807) is 36.8 Å². The maximum atomic E-state index is 5.20. The standard InChI is InChI=1S/C10H14.C9H13N.4C9H14.C8H13N.2C8H12O.C8H12S.2C7H11NO/c1-10(2,3)9-7-5-4-6-8-9;1-9(2,3)8-6-4-5-7-10-8;4*1-9(2,3)8-6-4-5-7-8;4*1-8(2,3)7-5-4-6-9-7;1-7(2,3)6-4-8-9-5-6;1-7(2,3)6-4-5-9-8-6/h4-8H,1-3H3;4-7H,1-3H3;3*4,6-7H,5H2,1-3H3;4-6H,7H2,1-3H3;5-6H,4H2,1-3H3;3*4-6H,1-3H3;2*4-5H,1-3H3. The molecule has 0 saturated heterocycles. The highest BCUT2D eigenvalue weighted by Gasteiger charge is 2.23. The molecular weight excluding hydrogens is 1370 g/mol. The molecule has 9 heteroatoms. The second kappa shape index (κ2) is 45.2. The van der Waals surface area contributed by atoms with E-state index in [2.05, 4.69) is 402 Å². The molecule has 0 bridgehead atoms. The zero-order valence-corrected chi connectivity index (χ0v) is 77.0.